The molecule has 32 heavy (non-hydrogen) atoms. The van der Waals surface area contributed by atoms with Crippen LogP contribution in [-0.4, -0.2) is 51.5 Å². The number of amides is 1. The molecule has 6 heteroatoms. The highest BCUT2D eigenvalue weighted by Gasteiger charge is 2.26. The maximum Gasteiger partial charge on any atom is 0.255 e. The molecule has 2 aromatic heterocycles. The molecule has 0 atom stereocenters. The second-order valence-electron chi connectivity index (χ2n) is 9.07. The van der Waals surface area contributed by atoms with Crippen LogP contribution in [0, 0.1) is 27.7 Å². The summed E-state index contributed by atoms with van der Waals surface area (Å²) in [6, 6.07) is 12.4. The molecule has 1 fully saturated rings. The van der Waals surface area contributed by atoms with Crippen molar-refractivity contribution in [2.24, 2.45) is 0 Å². The Balaban J connectivity index is 1.51. The Bertz CT molecular complexity index is 1140. The smallest absolute Gasteiger partial charge is 0.255 e. The molecule has 6 nitrogen and oxygen atoms in total. The van der Waals surface area contributed by atoms with Crippen molar-refractivity contribution in [3.05, 3.63) is 70.4 Å². The van der Waals surface area contributed by atoms with Crippen LogP contribution in [0.15, 0.2) is 36.4 Å². The highest BCUT2D eigenvalue weighted by Crippen LogP contribution is 2.25. The van der Waals surface area contributed by atoms with Crippen molar-refractivity contribution >= 4 is 11.7 Å². The molecule has 1 amide bonds. The van der Waals surface area contributed by atoms with E-state index in [1.165, 1.54) is 5.56 Å². The number of para-hydroxylation sites is 1. The lowest BCUT2D eigenvalue weighted by atomic mass is 10.1. The van der Waals surface area contributed by atoms with E-state index in [9.17, 15) is 4.79 Å². The number of carbonyl (C=O) groups is 1. The third kappa shape index (κ3) is 4.14. The van der Waals surface area contributed by atoms with Gasteiger partial charge in [-0.25, -0.2) is 9.97 Å². The minimum absolute atomic E-state index is 0.110. The van der Waals surface area contributed by atoms with Gasteiger partial charge in [0, 0.05) is 60.9 Å². The lowest BCUT2D eigenvalue weighted by molar-refractivity contribution is 0.0745. The zero-order valence-electron chi connectivity index (χ0n) is 20.0. The molecule has 1 aromatic carbocycles. The fraction of sp³-hybridized carbons (Fsp3) is 0.423. The average molecular weight is 432 g/mol. The molecule has 0 saturated carbocycles. The highest BCUT2D eigenvalue weighted by atomic mass is 16.2. The van der Waals surface area contributed by atoms with E-state index in [4.69, 9.17) is 4.98 Å². The van der Waals surface area contributed by atoms with Crippen LogP contribution in [0.2, 0.25) is 0 Å². The van der Waals surface area contributed by atoms with E-state index in [1.54, 1.807) is 0 Å². The van der Waals surface area contributed by atoms with Crippen LogP contribution in [0.25, 0.3) is 5.69 Å². The highest BCUT2D eigenvalue weighted by molar-refractivity contribution is 5.96. The number of hydrogen-bond acceptors (Lipinski definition) is 4. The van der Waals surface area contributed by atoms with Gasteiger partial charge in [-0.3, -0.25) is 4.79 Å². The molecule has 3 heterocycles. The van der Waals surface area contributed by atoms with E-state index in [-0.39, 0.29) is 5.91 Å². The van der Waals surface area contributed by atoms with Gasteiger partial charge in [0.2, 0.25) is 0 Å². The first-order chi connectivity index (χ1) is 15.3. The molecule has 0 unspecified atom stereocenters. The molecule has 1 saturated heterocycles. The Morgan fingerprint density at radius 3 is 2.28 bits per heavy atom. The van der Waals surface area contributed by atoms with Crippen molar-refractivity contribution in [2.45, 2.75) is 47.5 Å². The van der Waals surface area contributed by atoms with Crippen molar-refractivity contribution in [2.75, 3.05) is 31.1 Å². The molecule has 0 spiro atoms. The quantitative estimate of drug-likeness (QED) is 0.606. The summed E-state index contributed by atoms with van der Waals surface area (Å²) in [6.45, 7) is 15.4. The van der Waals surface area contributed by atoms with Gasteiger partial charge in [-0.1, -0.05) is 32.0 Å². The van der Waals surface area contributed by atoms with E-state index < -0.39 is 0 Å². The molecular weight excluding hydrogens is 398 g/mol. The summed E-state index contributed by atoms with van der Waals surface area (Å²) in [7, 11) is 0. The Kier molecular flexibility index (Phi) is 6.04. The number of aryl methyl sites for hydroxylation is 3. The van der Waals surface area contributed by atoms with Crippen molar-refractivity contribution in [1.29, 1.82) is 0 Å². The summed E-state index contributed by atoms with van der Waals surface area (Å²) in [5.41, 5.74) is 6.18. The van der Waals surface area contributed by atoms with Gasteiger partial charge in [0.1, 0.15) is 11.6 Å². The molecule has 0 bridgehead atoms. The average Bonchev–Trinajstić information content (AvgIpc) is 3.07. The van der Waals surface area contributed by atoms with Gasteiger partial charge >= 0.3 is 0 Å². The lowest BCUT2D eigenvalue weighted by Gasteiger charge is -2.35. The van der Waals surface area contributed by atoms with Gasteiger partial charge in [0.05, 0.1) is 5.56 Å². The predicted octanol–water partition coefficient (Wildman–Crippen LogP) is 4.59. The minimum Gasteiger partial charge on any atom is -0.353 e. The Morgan fingerprint density at radius 1 is 0.938 bits per heavy atom. The van der Waals surface area contributed by atoms with Crippen molar-refractivity contribution in [3.63, 3.8) is 0 Å². The molecule has 0 N–H and O–H groups in total. The van der Waals surface area contributed by atoms with Crippen molar-refractivity contribution < 1.29 is 4.79 Å². The van der Waals surface area contributed by atoms with Crippen LogP contribution in [0.5, 0.6) is 0 Å². The fourth-order valence-electron chi connectivity index (χ4n) is 4.47. The number of rotatable bonds is 4. The summed E-state index contributed by atoms with van der Waals surface area (Å²) in [4.78, 5) is 27.0. The van der Waals surface area contributed by atoms with Crippen LogP contribution in [0.3, 0.4) is 0 Å². The van der Waals surface area contributed by atoms with Crippen LogP contribution < -0.4 is 4.90 Å². The van der Waals surface area contributed by atoms with Gasteiger partial charge in [-0.15, -0.1) is 0 Å². The summed E-state index contributed by atoms with van der Waals surface area (Å²) >= 11 is 0. The number of nitrogens with zero attached hydrogens (tertiary/aromatic N) is 5. The van der Waals surface area contributed by atoms with Gasteiger partial charge in [0.25, 0.3) is 5.91 Å². The maximum absolute atomic E-state index is 13.4. The first-order valence-electron chi connectivity index (χ1n) is 11.4. The lowest BCUT2D eigenvalue weighted by Crippen LogP contribution is -2.49. The van der Waals surface area contributed by atoms with Crippen LogP contribution in [0.4, 0.5) is 5.82 Å². The number of piperazine rings is 1. The Hall–Kier alpha value is -3.15. The first-order valence-corrected chi connectivity index (χ1v) is 11.4. The van der Waals surface area contributed by atoms with Crippen molar-refractivity contribution in [1.82, 2.24) is 19.4 Å². The summed E-state index contributed by atoms with van der Waals surface area (Å²) in [5, 5.41) is 0. The van der Waals surface area contributed by atoms with E-state index in [1.807, 2.05) is 43.0 Å². The third-order valence-corrected chi connectivity index (χ3v) is 6.28. The van der Waals surface area contributed by atoms with Crippen molar-refractivity contribution in [3.8, 4) is 5.69 Å². The standard InChI is InChI=1S/C26H33N5O/c1-17(2)25-27-19(4)15-24(28-25)29-11-13-30(14-12-29)26(32)22-16-20(5)31(21(22)6)23-10-8-7-9-18(23)3/h7-10,15-17H,11-14H2,1-6H3. The predicted molar refractivity (Wildman–Crippen MR) is 129 cm³/mol. The number of aromatic nitrogens is 3. The van der Waals surface area contributed by atoms with Crippen LogP contribution in [-0.2, 0) is 0 Å². The van der Waals surface area contributed by atoms with E-state index >= 15 is 0 Å². The molecule has 3 aromatic rings. The molecule has 1 aliphatic rings. The monoisotopic (exact) mass is 431 g/mol. The topological polar surface area (TPSA) is 54.3 Å². The molecule has 4 rings (SSSR count). The summed E-state index contributed by atoms with van der Waals surface area (Å²) < 4.78 is 2.19. The zero-order chi connectivity index (χ0) is 23.0. The maximum atomic E-state index is 13.4. The summed E-state index contributed by atoms with van der Waals surface area (Å²) in [6.07, 6.45) is 0. The summed E-state index contributed by atoms with van der Waals surface area (Å²) in [5.74, 6) is 2.24. The normalized spacial score (nSPS) is 14.3. The molecular formula is C26H33N5O. The van der Waals surface area contributed by atoms with E-state index in [0.717, 1.165) is 53.1 Å². The molecule has 0 radical (unpaired) electrons. The van der Waals surface area contributed by atoms with E-state index in [0.29, 0.717) is 19.0 Å². The number of carbonyl (C=O) groups excluding carboxylic acids is 1. The SMILES string of the molecule is Cc1cc(N2CCN(C(=O)c3cc(C)n(-c4ccccc4C)c3C)CC2)nc(C(C)C)n1. The zero-order valence-corrected chi connectivity index (χ0v) is 20.0. The minimum atomic E-state index is 0.110. The number of anilines is 1. The number of benzene rings is 1. The second-order valence-corrected chi connectivity index (χ2v) is 9.07. The fourth-order valence-corrected chi connectivity index (χ4v) is 4.47. The third-order valence-electron chi connectivity index (χ3n) is 6.28. The van der Waals surface area contributed by atoms with Crippen LogP contribution >= 0.6 is 0 Å². The van der Waals surface area contributed by atoms with Gasteiger partial charge in [0.15, 0.2) is 0 Å². The molecule has 1 aliphatic heterocycles. The Morgan fingerprint density at radius 2 is 1.62 bits per heavy atom. The van der Waals surface area contributed by atoms with Gasteiger partial charge in [-0.2, -0.15) is 0 Å². The van der Waals surface area contributed by atoms with Crippen LogP contribution in [0.1, 0.15) is 58.6 Å². The van der Waals surface area contributed by atoms with Gasteiger partial charge < -0.3 is 14.4 Å². The van der Waals surface area contributed by atoms with E-state index in [2.05, 4.69) is 54.3 Å². The number of hydrogen-bond donors (Lipinski definition) is 0. The Labute approximate surface area is 190 Å². The first kappa shape index (κ1) is 22.1. The molecule has 168 valence electrons. The molecule has 0 aliphatic carbocycles. The largest absolute Gasteiger partial charge is 0.353 e. The van der Waals surface area contributed by atoms with Gasteiger partial charge in [-0.05, 0) is 45.4 Å². The second kappa shape index (κ2) is 8.77.